The highest BCUT2D eigenvalue weighted by Gasteiger charge is 2.37. The van der Waals surface area contributed by atoms with E-state index in [2.05, 4.69) is 25.3 Å². The summed E-state index contributed by atoms with van der Waals surface area (Å²) < 4.78 is 67.2. The molecule has 4 rings (SSSR count). The van der Waals surface area contributed by atoms with Crippen molar-refractivity contribution in [2.75, 3.05) is 30.8 Å². The first kappa shape index (κ1) is 25.2. The fourth-order valence-electron chi connectivity index (χ4n) is 4.46. The summed E-state index contributed by atoms with van der Waals surface area (Å²) in [5, 5.41) is 7.35. The smallest absolute Gasteiger partial charge is 0.372 e. The molecule has 0 unspecified atom stereocenters. The Hall–Kier alpha value is -2.92. The minimum absolute atomic E-state index is 0.0758. The van der Waals surface area contributed by atoms with Gasteiger partial charge in [0.05, 0.1) is 16.0 Å². The molecule has 1 fully saturated rings. The molecule has 0 bridgehead atoms. The lowest BCUT2D eigenvalue weighted by atomic mass is 9.82. The summed E-state index contributed by atoms with van der Waals surface area (Å²) in [6.45, 7) is 0.812. The number of hydrogen-bond donors (Lipinski definition) is 3. The van der Waals surface area contributed by atoms with Crippen molar-refractivity contribution in [3.05, 3.63) is 54.1 Å². The third-order valence-corrected chi connectivity index (χ3v) is 7.88. The van der Waals surface area contributed by atoms with E-state index in [4.69, 9.17) is 0 Å². The van der Waals surface area contributed by atoms with Gasteiger partial charge >= 0.3 is 6.18 Å². The summed E-state index contributed by atoms with van der Waals surface area (Å²) in [5.74, 6) is 1.75. The Kier molecular flexibility index (Phi) is 7.46. The van der Waals surface area contributed by atoms with Crippen LogP contribution in [0.2, 0.25) is 0 Å². The van der Waals surface area contributed by atoms with Gasteiger partial charge in [-0.15, -0.1) is 0 Å². The van der Waals surface area contributed by atoms with Crippen LogP contribution in [0.3, 0.4) is 0 Å². The number of para-hydroxylation sites is 1. The molecule has 1 aliphatic carbocycles. The lowest BCUT2D eigenvalue weighted by molar-refractivity contribution is -0.139. The summed E-state index contributed by atoms with van der Waals surface area (Å²) in [4.78, 5) is 8.38. The molecule has 35 heavy (non-hydrogen) atoms. The van der Waals surface area contributed by atoms with E-state index in [1.165, 1.54) is 12.1 Å². The van der Waals surface area contributed by atoms with Crippen LogP contribution in [0.15, 0.2) is 53.4 Å². The summed E-state index contributed by atoms with van der Waals surface area (Å²) in [5.41, 5.74) is -0.308. The number of nitrogens with one attached hydrogen (secondary N) is 3. The molecule has 0 spiro atoms. The van der Waals surface area contributed by atoms with Gasteiger partial charge in [0.2, 0.25) is 16.0 Å². The van der Waals surface area contributed by atoms with Gasteiger partial charge in [-0.3, -0.25) is 0 Å². The lowest BCUT2D eigenvalue weighted by Crippen LogP contribution is -2.33. The van der Waals surface area contributed by atoms with Crippen molar-refractivity contribution in [1.29, 1.82) is 0 Å². The van der Waals surface area contributed by atoms with Crippen LogP contribution in [-0.4, -0.2) is 38.5 Å². The van der Waals surface area contributed by atoms with Crippen molar-refractivity contribution in [1.82, 2.24) is 14.7 Å². The highest BCUT2D eigenvalue weighted by Crippen LogP contribution is 2.34. The Morgan fingerprint density at radius 2 is 1.54 bits per heavy atom. The van der Waals surface area contributed by atoms with Crippen LogP contribution < -0.4 is 15.4 Å². The molecule has 3 aromatic rings. The molecular weight excluding hydrogens is 479 g/mol. The zero-order chi connectivity index (χ0) is 25.1. The van der Waals surface area contributed by atoms with Crippen molar-refractivity contribution < 1.29 is 21.6 Å². The molecule has 0 atom stereocenters. The Balaban J connectivity index is 1.30. The van der Waals surface area contributed by atoms with Gasteiger partial charge in [-0.1, -0.05) is 24.3 Å². The quantitative estimate of drug-likeness (QED) is 0.402. The van der Waals surface area contributed by atoms with Gasteiger partial charge in [-0.05, 0) is 61.8 Å². The average Bonchev–Trinajstić information content (AvgIpc) is 2.86. The van der Waals surface area contributed by atoms with E-state index in [0.717, 1.165) is 54.5 Å². The molecule has 1 heterocycles. The zero-order valence-electron chi connectivity index (χ0n) is 19.3. The number of anilines is 2. The van der Waals surface area contributed by atoms with E-state index in [1.807, 2.05) is 31.3 Å². The van der Waals surface area contributed by atoms with Gasteiger partial charge in [-0.2, -0.15) is 18.2 Å². The Morgan fingerprint density at radius 3 is 2.23 bits per heavy atom. The highest BCUT2D eigenvalue weighted by atomic mass is 32.2. The molecule has 2 aromatic carbocycles. The molecule has 1 aliphatic rings. The maximum Gasteiger partial charge on any atom is 0.417 e. The molecule has 188 valence electrons. The van der Waals surface area contributed by atoms with E-state index >= 15 is 0 Å². The number of halogens is 3. The molecule has 0 radical (unpaired) electrons. The number of hydrogen-bond acceptors (Lipinski definition) is 6. The molecule has 1 aromatic heterocycles. The van der Waals surface area contributed by atoms with Crippen molar-refractivity contribution in [3.8, 4) is 0 Å². The largest absolute Gasteiger partial charge is 0.417 e. The van der Waals surface area contributed by atoms with Crippen LogP contribution in [0.25, 0.3) is 10.9 Å². The molecule has 11 heteroatoms. The fraction of sp³-hybridized carbons (Fsp3) is 0.417. The summed E-state index contributed by atoms with van der Waals surface area (Å²) in [7, 11) is -2.45. The van der Waals surface area contributed by atoms with Crippen molar-refractivity contribution in [2.45, 2.75) is 36.8 Å². The van der Waals surface area contributed by atoms with E-state index in [0.29, 0.717) is 18.4 Å². The third kappa shape index (κ3) is 6.02. The SMILES string of the molecule is CNc1nc(NCC2CCC(CNS(=O)(=O)c3ccccc3C(F)(F)F)CC2)nc2ccccc12. The zero-order valence-corrected chi connectivity index (χ0v) is 20.1. The Morgan fingerprint density at radius 1 is 0.914 bits per heavy atom. The first-order valence-corrected chi connectivity index (χ1v) is 13.0. The second-order valence-electron chi connectivity index (χ2n) is 8.78. The Labute approximate surface area is 202 Å². The monoisotopic (exact) mass is 507 g/mol. The second kappa shape index (κ2) is 10.4. The first-order valence-electron chi connectivity index (χ1n) is 11.5. The number of alkyl halides is 3. The van der Waals surface area contributed by atoms with Gasteiger partial charge in [0.15, 0.2) is 0 Å². The van der Waals surface area contributed by atoms with Gasteiger partial charge < -0.3 is 10.6 Å². The number of rotatable bonds is 8. The molecule has 0 saturated heterocycles. The average molecular weight is 508 g/mol. The molecule has 1 saturated carbocycles. The van der Waals surface area contributed by atoms with Crippen LogP contribution in [0.4, 0.5) is 24.9 Å². The predicted octanol–water partition coefficient (Wildman–Crippen LogP) is 4.89. The third-order valence-electron chi connectivity index (χ3n) is 6.40. The molecule has 0 aliphatic heterocycles. The van der Waals surface area contributed by atoms with E-state index in [9.17, 15) is 21.6 Å². The van der Waals surface area contributed by atoms with Gasteiger partial charge in [0, 0.05) is 25.5 Å². The number of fused-ring (bicyclic) bond motifs is 1. The topological polar surface area (TPSA) is 96.0 Å². The molecular formula is C24H28F3N5O2S. The minimum atomic E-state index is -4.74. The fourth-order valence-corrected chi connectivity index (χ4v) is 5.80. The number of sulfonamides is 1. The van der Waals surface area contributed by atoms with E-state index in [-0.39, 0.29) is 12.5 Å². The van der Waals surface area contributed by atoms with E-state index < -0.39 is 26.7 Å². The predicted molar refractivity (Wildman–Crippen MR) is 130 cm³/mol. The molecule has 3 N–H and O–H groups in total. The number of aromatic nitrogens is 2. The number of benzene rings is 2. The van der Waals surface area contributed by atoms with Gasteiger partial charge in [-0.25, -0.2) is 18.1 Å². The van der Waals surface area contributed by atoms with Crippen LogP contribution in [-0.2, 0) is 16.2 Å². The van der Waals surface area contributed by atoms with Gasteiger partial charge in [0.25, 0.3) is 0 Å². The second-order valence-corrected chi connectivity index (χ2v) is 10.5. The maximum absolute atomic E-state index is 13.2. The van der Waals surface area contributed by atoms with Crippen LogP contribution in [0, 0.1) is 11.8 Å². The first-order chi connectivity index (χ1) is 16.7. The highest BCUT2D eigenvalue weighted by molar-refractivity contribution is 7.89. The van der Waals surface area contributed by atoms with Crippen molar-refractivity contribution in [2.24, 2.45) is 11.8 Å². The van der Waals surface area contributed by atoms with Gasteiger partial charge in [0.1, 0.15) is 5.82 Å². The van der Waals surface area contributed by atoms with Crippen LogP contribution >= 0.6 is 0 Å². The summed E-state index contributed by atoms with van der Waals surface area (Å²) >= 11 is 0. The lowest BCUT2D eigenvalue weighted by Gasteiger charge is -2.29. The Bertz CT molecular complexity index is 1280. The summed E-state index contributed by atoms with van der Waals surface area (Å²) in [6, 6.07) is 12.0. The van der Waals surface area contributed by atoms with Crippen LogP contribution in [0.5, 0.6) is 0 Å². The maximum atomic E-state index is 13.2. The minimum Gasteiger partial charge on any atom is -0.372 e. The van der Waals surface area contributed by atoms with Crippen molar-refractivity contribution in [3.63, 3.8) is 0 Å². The number of nitrogens with zero attached hydrogens (tertiary/aromatic N) is 2. The molecule has 7 nitrogen and oxygen atoms in total. The van der Waals surface area contributed by atoms with Crippen molar-refractivity contribution >= 4 is 32.7 Å². The van der Waals surface area contributed by atoms with E-state index in [1.54, 1.807) is 0 Å². The van der Waals surface area contributed by atoms with Crippen LogP contribution in [0.1, 0.15) is 31.2 Å². The standard InChI is InChI=1S/C24H28F3N5O2S/c1-28-22-18-6-2-4-8-20(18)31-23(32-22)29-14-16-10-12-17(13-11-16)15-30-35(33,34)21-9-5-3-7-19(21)24(25,26)27/h2-9,16-17,30H,10-15H2,1H3,(H2,28,29,31,32). The normalized spacial score (nSPS) is 19.0. The summed E-state index contributed by atoms with van der Waals surface area (Å²) in [6.07, 6.45) is -1.40. The molecule has 0 amide bonds.